The summed E-state index contributed by atoms with van der Waals surface area (Å²) in [5.41, 5.74) is 0.902. The number of carboxylic acids is 1. The van der Waals surface area contributed by atoms with Crippen molar-refractivity contribution in [2.24, 2.45) is 0 Å². The zero-order chi connectivity index (χ0) is 21.6. The number of aliphatic carboxylic acids is 1. The molecule has 0 radical (unpaired) electrons. The van der Waals surface area contributed by atoms with Crippen LogP contribution in [0.4, 0.5) is 4.39 Å². The summed E-state index contributed by atoms with van der Waals surface area (Å²) in [5, 5.41) is 18.5. The Morgan fingerprint density at radius 2 is 1.83 bits per heavy atom. The fourth-order valence-electron chi connectivity index (χ4n) is 2.34. The summed E-state index contributed by atoms with van der Waals surface area (Å²) in [6, 6.07) is 8.45. The number of hydrogen-bond acceptors (Lipinski definition) is 5. The minimum absolute atomic E-state index is 0.0536. The maximum atomic E-state index is 13.0. The van der Waals surface area contributed by atoms with Gasteiger partial charge in [0.1, 0.15) is 18.2 Å². The first-order valence-electron chi connectivity index (χ1n) is 8.27. The summed E-state index contributed by atoms with van der Waals surface area (Å²) in [4.78, 5) is 20.4. The summed E-state index contributed by atoms with van der Waals surface area (Å²) in [6.45, 7) is -0.389. The Bertz CT molecular complexity index is 908. The Morgan fingerprint density at radius 3 is 2.45 bits per heavy atom. The number of hydrogen-bond donors (Lipinski definition) is 3. The number of aliphatic hydroxyl groups is 1. The molecule has 0 aliphatic heterocycles. The molecule has 11 heteroatoms. The Labute approximate surface area is 176 Å². The first-order chi connectivity index (χ1) is 13.6. The van der Waals surface area contributed by atoms with Gasteiger partial charge < -0.3 is 24.4 Å². The number of rotatable bonds is 10. The largest absolute Gasteiger partial charge is 0.488 e. The van der Waals surface area contributed by atoms with Crippen molar-refractivity contribution in [3.05, 3.63) is 63.4 Å². The van der Waals surface area contributed by atoms with Gasteiger partial charge in [0.15, 0.2) is 0 Å². The minimum atomic E-state index is -4.31. The molecular weight excluding hydrogens is 449 g/mol. The lowest BCUT2D eigenvalue weighted by Gasteiger charge is -2.18. The quantitative estimate of drug-likeness (QED) is 0.448. The van der Waals surface area contributed by atoms with Crippen LogP contribution in [0.15, 0.2) is 36.4 Å². The van der Waals surface area contributed by atoms with E-state index in [2.05, 4.69) is 0 Å². The van der Waals surface area contributed by atoms with E-state index in [9.17, 15) is 23.7 Å². The van der Waals surface area contributed by atoms with Gasteiger partial charge in [0.2, 0.25) is 0 Å². The number of benzene rings is 2. The maximum absolute atomic E-state index is 13.0. The summed E-state index contributed by atoms with van der Waals surface area (Å²) in [7, 11) is -4.31. The van der Waals surface area contributed by atoms with Crippen LogP contribution < -0.4 is 4.74 Å². The predicted octanol–water partition coefficient (Wildman–Crippen LogP) is 4.25. The molecule has 7 nitrogen and oxygen atoms in total. The summed E-state index contributed by atoms with van der Waals surface area (Å²) >= 11 is 12.1. The van der Waals surface area contributed by atoms with Gasteiger partial charge in [-0.15, -0.1) is 0 Å². The third-order valence-electron chi connectivity index (χ3n) is 3.69. The lowest BCUT2D eigenvalue weighted by Crippen LogP contribution is -2.18. The van der Waals surface area contributed by atoms with Crippen LogP contribution in [0.25, 0.3) is 0 Å². The molecule has 0 amide bonds. The molecule has 0 aromatic heterocycles. The van der Waals surface area contributed by atoms with Crippen LogP contribution in [0.5, 0.6) is 5.75 Å². The zero-order valence-electron chi connectivity index (χ0n) is 14.9. The molecular formula is C18H18Cl2FO7P. The van der Waals surface area contributed by atoms with Crippen LogP contribution in [0, 0.1) is 5.82 Å². The van der Waals surface area contributed by atoms with Crippen molar-refractivity contribution in [2.45, 2.75) is 25.7 Å². The van der Waals surface area contributed by atoms with E-state index in [0.29, 0.717) is 5.56 Å². The number of halogens is 3. The molecule has 2 aromatic carbocycles. The molecule has 0 heterocycles. The SMILES string of the molecule is O=C(O)C[C@H](O)CP(=O)(O)OCc1c(Cl)cc(Cl)cc1OCc1ccc(F)cc1. The highest BCUT2D eigenvalue weighted by Gasteiger charge is 2.27. The molecule has 29 heavy (non-hydrogen) atoms. The maximum Gasteiger partial charge on any atom is 0.331 e. The molecule has 2 rings (SSSR count). The lowest BCUT2D eigenvalue weighted by molar-refractivity contribution is -0.138. The third kappa shape index (κ3) is 7.93. The Kier molecular flexibility index (Phi) is 8.46. The second-order valence-electron chi connectivity index (χ2n) is 6.12. The van der Waals surface area contributed by atoms with Crippen molar-refractivity contribution in [1.29, 1.82) is 0 Å². The lowest BCUT2D eigenvalue weighted by atomic mass is 10.2. The highest BCUT2D eigenvalue weighted by molar-refractivity contribution is 7.52. The van der Waals surface area contributed by atoms with Gasteiger partial charge in [0.25, 0.3) is 0 Å². The zero-order valence-corrected chi connectivity index (χ0v) is 17.3. The van der Waals surface area contributed by atoms with E-state index >= 15 is 0 Å². The third-order valence-corrected chi connectivity index (χ3v) is 5.66. The van der Waals surface area contributed by atoms with Crippen LogP contribution in [-0.4, -0.2) is 33.3 Å². The van der Waals surface area contributed by atoms with Crippen molar-refractivity contribution < 1.29 is 38.1 Å². The monoisotopic (exact) mass is 466 g/mol. The van der Waals surface area contributed by atoms with Crippen molar-refractivity contribution >= 4 is 36.8 Å². The highest BCUT2D eigenvalue weighted by atomic mass is 35.5. The standard InChI is InChI=1S/C18H18Cl2FO7P/c19-12-5-16(20)15(9-28-29(25,26)10-14(22)7-18(23)24)17(6-12)27-8-11-1-3-13(21)4-2-11/h1-6,14,22H,7-10H2,(H,23,24)(H,25,26)/t14-/m0/s1. The van der Waals surface area contributed by atoms with Gasteiger partial charge in [0.05, 0.1) is 30.3 Å². The Hall–Kier alpha value is -1.67. The van der Waals surface area contributed by atoms with Crippen LogP contribution >= 0.6 is 30.8 Å². The van der Waals surface area contributed by atoms with Crippen LogP contribution in [0.2, 0.25) is 10.0 Å². The predicted molar refractivity (Wildman–Crippen MR) is 105 cm³/mol. The van der Waals surface area contributed by atoms with Gasteiger partial charge in [-0.05, 0) is 29.8 Å². The fourth-order valence-corrected chi connectivity index (χ4v) is 3.97. The fraction of sp³-hybridized carbons (Fsp3) is 0.278. The van der Waals surface area contributed by atoms with E-state index in [4.69, 9.17) is 37.6 Å². The van der Waals surface area contributed by atoms with E-state index < -0.39 is 44.7 Å². The van der Waals surface area contributed by atoms with Crippen molar-refractivity contribution in [1.82, 2.24) is 0 Å². The number of carbonyl (C=O) groups is 1. The van der Waals surface area contributed by atoms with Crippen LogP contribution in [-0.2, 0) is 27.1 Å². The topological polar surface area (TPSA) is 113 Å². The molecule has 1 unspecified atom stereocenters. The second kappa shape index (κ2) is 10.4. The number of aliphatic hydroxyl groups excluding tert-OH is 1. The van der Waals surface area contributed by atoms with Gasteiger partial charge in [-0.2, -0.15) is 0 Å². The van der Waals surface area contributed by atoms with Gasteiger partial charge in [-0.3, -0.25) is 9.36 Å². The minimum Gasteiger partial charge on any atom is -0.488 e. The first kappa shape index (κ1) is 23.6. The molecule has 0 aliphatic carbocycles. The average Bonchev–Trinajstić information content (AvgIpc) is 2.58. The summed E-state index contributed by atoms with van der Waals surface area (Å²) in [5.74, 6) is -1.51. The van der Waals surface area contributed by atoms with E-state index in [1.165, 1.54) is 36.4 Å². The van der Waals surface area contributed by atoms with Gasteiger partial charge >= 0.3 is 13.6 Å². The molecule has 158 valence electrons. The van der Waals surface area contributed by atoms with Gasteiger partial charge in [-0.1, -0.05) is 35.3 Å². The van der Waals surface area contributed by atoms with Crippen LogP contribution in [0.3, 0.4) is 0 Å². The Balaban J connectivity index is 2.10. The molecule has 0 bridgehead atoms. The molecule has 0 spiro atoms. The summed E-state index contributed by atoms with van der Waals surface area (Å²) < 4.78 is 35.8. The summed E-state index contributed by atoms with van der Waals surface area (Å²) in [6.07, 6.45) is -2.99. The molecule has 0 aliphatic rings. The van der Waals surface area contributed by atoms with Gasteiger partial charge in [-0.25, -0.2) is 4.39 Å². The van der Waals surface area contributed by atoms with E-state index in [0.717, 1.165) is 0 Å². The van der Waals surface area contributed by atoms with Gasteiger partial charge in [0, 0.05) is 10.6 Å². The normalized spacial score (nSPS) is 14.2. The number of ether oxygens (including phenoxy) is 1. The van der Waals surface area contributed by atoms with E-state index in [-0.39, 0.29) is 28.0 Å². The molecule has 0 saturated carbocycles. The number of carboxylic acid groups (broad SMARTS) is 1. The van der Waals surface area contributed by atoms with E-state index in [1.807, 2.05) is 0 Å². The molecule has 0 fully saturated rings. The first-order valence-corrected chi connectivity index (χ1v) is 10.8. The molecule has 0 saturated heterocycles. The van der Waals surface area contributed by atoms with Crippen molar-refractivity contribution in [3.63, 3.8) is 0 Å². The van der Waals surface area contributed by atoms with E-state index in [1.54, 1.807) is 0 Å². The van der Waals surface area contributed by atoms with Crippen LogP contribution in [0.1, 0.15) is 17.5 Å². The van der Waals surface area contributed by atoms with Crippen molar-refractivity contribution in [2.75, 3.05) is 6.16 Å². The highest BCUT2D eigenvalue weighted by Crippen LogP contribution is 2.45. The Morgan fingerprint density at radius 1 is 1.17 bits per heavy atom. The second-order valence-corrected chi connectivity index (χ2v) is 8.87. The molecule has 2 aromatic rings. The molecule has 2 atom stereocenters. The average molecular weight is 467 g/mol. The van der Waals surface area contributed by atoms with Crippen molar-refractivity contribution in [3.8, 4) is 5.75 Å². The smallest absolute Gasteiger partial charge is 0.331 e. The molecule has 3 N–H and O–H groups in total.